The normalized spacial score (nSPS) is 10.2. The molecular formula is C17H17F2NO4. The Kier molecular flexibility index (Phi) is 5.95. The van der Waals surface area contributed by atoms with Crippen molar-refractivity contribution in [2.24, 2.45) is 0 Å². The Bertz CT molecular complexity index is 722. The Morgan fingerprint density at radius 3 is 2.50 bits per heavy atom. The van der Waals surface area contributed by atoms with Crippen LogP contribution in [0.2, 0.25) is 0 Å². The molecule has 0 heterocycles. The second kappa shape index (κ2) is 8.14. The quantitative estimate of drug-likeness (QED) is 0.844. The van der Waals surface area contributed by atoms with Crippen molar-refractivity contribution in [3.05, 3.63) is 53.6 Å². The van der Waals surface area contributed by atoms with E-state index in [0.717, 1.165) is 17.7 Å². The smallest absolute Gasteiger partial charge is 0.258 e. The van der Waals surface area contributed by atoms with E-state index in [1.54, 1.807) is 25.3 Å². The van der Waals surface area contributed by atoms with E-state index >= 15 is 0 Å². The van der Waals surface area contributed by atoms with Gasteiger partial charge in [-0.2, -0.15) is 0 Å². The molecule has 0 bridgehead atoms. The number of hydrogen-bond donors (Lipinski definition) is 1. The average Bonchev–Trinajstić information content (AvgIpc) is 2.59. The molecule has 2 aromatic carbocycles. The molecule has 0 saturated heterocycles. The summed E-state index contributed by atoms with van der Waals surface area (Å²) in [6.45, 7) is -0.178. The Balaban J connectivity index is 1.89. The molecule has 0 saturated carbocycles. The van der Waals surface area contributed by atoms with E-state index in [1.807, 2.05) is 0 Å². The molecule has 0 fully saturated rings. The Morgan fingerprint density at radius 2 is 1.83 bits per heavy atom. The first-order valence-corrected chi connectivity index (χ1v) is 7.09. The van der Waals surface area contributed by atoms with Crippen LogP contribution in [0.4, 0.5) is 8.78 Å². The highest BCUT2D eigenvalue weighted by molar-refractivity contribution is 5.77. The van der Waals surface area contributed by atoms with Gasteiger partial charge >= 0.3 is 0 Å². The van der Waals surface area contributed by atoms with Gasteiger partial charge < -0.3 is 19.5 Å². The lowest BCUT2D eigenvalue weighted by Gasteiger charge is -2.12. The molecule has 1 amide bonds. The zero-order chi connectivity index (χ0) is 17.5. The van der Waals surface area contributed by atoms with Gasteiger partial charge in [-0.05, 0) is 24.3 Å². The van der Waals surface area contributed by atoms with Crippen molar-refractivity contribution in [1.29, 1.82) is 0 Å². The van der Waals surface area contributed by atoms with E-state index in [-0.39, 0.29) is 18.9 Å². The molecule has 7 heteroatoms. The van der Waals surface area contributed by atoms with Crippen molar-refractivity contribution in [3.63, 3.8) is 0 Å². The summed E-state index contributed by atoms with van der Waals surface area (Å²) in [5.74, 6) is -1.00. The van der Waals surface area contributed by atoms with Gasteiger partial charge in [0.2, 0.25) is 0 Å². The maximum atomic E-state index is 13.4. The minimum Gasteiger partial charge on any atom is -0.497 e. The van der Waals surface area contributed by atoms with Crippen molar-refractivity contribution in [2.45, 2.75) is 6.54 Å². The molecule has 1 N–H and O–H groups in total. The van der Waals surface area contributed by atoms with E-state index in [4.69, 9.17) is 14.2 Å². The van der Waals surface area contributed by atoms with E-state index in [0.29, 0.717) is 17.6 Å². The summed E-state index contributed by atoms with van der Waals surface area (Å²) in [5.41, 5.74) is 0.750. The van der Waals surface area contributed by atoms with Crippen molar-refractivity contribution in [2.75, 3.05) is 20.8 Å². The van der Waals surface area contributed by atoms with Gasteiger partial charge in [-0.15, -0.1) is 0 Å². The number of methoxy groups -OCH3 is 2. The third-order valence-electron chi connectivity index (χ3n) is 3.22. The van der Waals surface area contributed by atoms with Crippen LogP contribution >= 0.6 is 0 Å². The monoisotopic (exact) mass is 337 g/mol. The molecule has 5 nitrogen and oxygen atoms in total. The standard InChI is InChI=1S/C17H17F2NO4/c1-22-13-5-3-11(16(8-13)23-2)9-20-17(21)10-24-15-6-4-12(18)7-14(15)19/h3-8H,9-10H2,1-2H3,(H,20,21). The van der Waals surface area contributed by atoms with Crippen LogP contribution in [-0.2, 0) is 11.3 Å². The number of benzene rings is 2. The molecule has 0 radical (unpaired) electrons. The molecule has 0 spiro atoms. The molecule has 0 aliphatic rings. The summed E-state index contributed by atoms with van der Waals surface area (Å²) in [6, 6.07) is 8.08. The molecule has 24 heavy (non-hydrogen) atoms. The second-order valence-corrected chi connectivity index (χ2v) is 4.82. The summed E-state index contributed by atoms with van der Waals surface area (Å²) in [5, 5.41) is 2.63. The molecule has 0 atom stereocenters. The predicted octanol–water partition coefficient (Wildman–Crippen LogP) is 2.68. The van der Waals surface area contributed by atoms with Crippen LogP contribution in [0.25, 0.3) is 0 Å². The van der Waals surface area contributed by atoms with Crippen molar-refractivity contribution >= 4 is 5.91 Å². The molecule has 2 rings (SSSR count). The summed E-state index contributed by atoms with van der Waals surface area (Å²) < 4.78 is 41.5. The number of carbonyl (C=O) groups is 1. The zero-order valence-corrected chi connectivity index (χ0v) is 13.3. The summed E-state index contributed by atoms with van der Waals surface area (Å²) in [6.07, 6.45) is 0. The number of amides is 1. The SMILES string of the molecule is COc1ccc(CNC(=O)COc2ccc(F)cc2F)c(OC)c1. The van der Waals surface area contributed by atoms with Gasteiger partial charge in [-0.25, -0.2) is 8.78 Å². The van der Waals surface area contributed by atoms with Gasteiger partial charge in [0.1, 0.15) is 17.3 Å². The fourth-order valence-corrected chi connectivity index (χ4v) is 1.98. The van der Waals surface area contributed by atoms with Crippen LogP contribution in [0.3, 0.4) is 0 Å². The van der Waals surface area contributed by atoms with Gasteiger partial charge in [0.25, 0.3) is 5.91 Å². The summed E-state index contributed by atoms with van der Waals surface area (Å²) in [7, 11) is 3.06. The molecular weight excluding hydrogens is 320 g/mol. The van der Waals surface area contributed by atoms with Gasteiger partial charge in [-0.1, -0.05) is 0 Å². The van der Waals surface area contributed by atoms with Gasteiger partial charge in [0.15, 0.2) is 18.2 Å². The molecule has 0 aromatic heterocycles. The van der Waals surface area contributed by atoms with Crippen LogP contribution in [0.5, 0.6) is 17.2 Å². The number of ether oxygens (including phenoxy) is 3. The number of hydrogen-bond acceptors (Lipinski definition) is 4. The lowest BCUT2D eigenvalue weighted by molar-refractivity contribution is -0.123. The van der Waals surface area contributed by atoms with Gasteiger partial charge in [-0.3, -0.25) is 4.79 Å². The fraction of sp³-hybridized carbons (Fsp3) is 0.235. The Labute approximate surface area is 138 Å². The summed E-state index contributed by atoms with van der Waals surface area (Å²) >= 11 is 0. The molecule has 128 valence electrons. The van der Waals surface area contributed by atoms with Crippen LogP contribution in [0.15, 0.2) is 36.4 Å². The van der Waals surface area contributed by atoms with Crippen LogP contribution in [0.1, 0.15) is 5.56 Å². The first-order valence-electron chi connectivity index (χ1n) is 7.09. The maximum Gasteiger partial charge on any atom is 0.258 e. The van der Waals surface area contributed by atoms with Gasteiger partial charge in [0.05, 0.1) is 14.2 Å². The molecule has 0 aliphatic carbocycles. The average molecular weight is 337 g/mol. The van der Waals surface area contributed by atoms with E-state index in [2.05, 4.69) is 5.32 Å². The van der Waals surface area contributed by atoms with Crippen molar-refractivity contribution < 1.29 is 27.8 Å². The lowest BCUT2D eigenvalue weighted by atomic mass is 10.2. The zero-order valence-electron chi connectivity index (χ0n) is 13.3. The third-order valence-corrected chi connectivity index (χ3v) is 3.22. The highest BCUT2D eigenvalue weighted by Gasteiger charge is 2.10. The van der Waals surface area contributed by atoms with Crippen LogP contribution < -0.4 is 19.5 Å². The molecule has 0 aliphatic heterocycles. The predicted molar refractivity (Wildman–Crippen MR) is 83.2 cm³/mol. The number of carbonyl (C=O) groups excluding carboxylic acids is 1. The van der Waals surface area contributed by atoms with E-state index in [9.17, 15) is 13.6 Å². The van der Waals surface area contributed by atoms with Crippen LogP contribution in [-0.4, -0.2) is 26.7 Å². The van der Waals surface area contributed by atoms with Crippen molar-refractivity contribution in [3.8, 4) is 17.2 Å². The molecule has 2 aromatic rings. The second-order valence-electron chi connectivity index (χ2n) is 4.82. The van der Waals surface area contributed by atoms with E-state index < -0.39 is 17.5 Å². The van der Waals surface area contributed by atoms with E-state index in [1.165, 1.54) is 7.11 Å². The maximum absolute atomic E-state index is 13.4. The van der Waals surface area contributed by atoms with Crippen molar-refractivity contribution in [1.82, 2.24) is 5.32 Å². The third kappa shape index (κ3) is 4.58. The first kappa shape index (κ1) is 17.5. The van der Waals surface area contributed by atoms with Gasteiger partial charge in [0, 0.05) is 24.2 Å². The summed E-state index contributed by atoms with van der Waals surface area (Å²) in [4.78, 5) is 11.8. The highest BCUT2D eigenvalue weighted by Crippen LogP contribution is 2.24. The lowest BCUT2D eigenvalue weighted by Crippen LogP contribution is -2.28. The van der Waals surface area contributed by atoms with Crippen LogP contribution in [0, 0.1) is 11.6 Å². The Morgan fingerprint density at radius 1 is 1.04 bits per heavy atom. The minimum absolute atomic E-state index is 0.187. The largest absolute Gasteiger partial charge is 0.497 e. The Hall–Kier alpha value is -2.83. The number of halogens is 2. The fourth-order valence-electron chi connectivity index (χ4n) is 1.98. The number of nitrogens with one attached hydrogen (secondary N) is 1. The highest BCUT2D eigenvalue weighted by atomic mass is 19.1. The topological polar surface area (TPSA) is 56.8 Å². The molecule has 0 unspecified atom stereocenters. The first-order chi connectivity index (χ1) is 11.5. The number of rotatable bonds is 7. The minimum atomic E-state index is -0.861.